The zero-order chi connectivity index (χ0) is 18.5. The van der Waals surface area contributed by atoms with E-state index in [9.17, 15) is 4.39 Å². The Labute approximate surface area is 160 Å². The highest BCUT2D eigenvalue weighted by Crippen LogP contribution is 2.28. The third kappa shape index (κ3) is 4.24. The van der Waals surface area contributed by atoms with E-state index in [4.69, 9.17) is 4.74 Å². The molecule has 0 aliphatic heterocycles. The first kappa shape index (κ1) is 17.5. The van der Waals surface area contributed by atoms with E-state index >= 15 is 0 Å². The molecule has 1 unspecified atom stereocenters. The van der Waals surface area contributed by atoms with Gasteiger partial charge in [0.1, 0.15) is 5.75 Å². The second-order valence-electron chi connectivity index (χ2n) is 6.09. The van der Waals surface area contributed by atoms with E-state index in [1.807, 2.05) is 30.3 Å². The van der Waals surface area contributed by atoms with Crippen LogP contribution in [0.2, 0.25) is 0 Å². The minimum absolute atomic E-state index is 0.233. The number of rotatable bonds is 5. The van der Waals surface area contributed by atoms with E-state index in [0.29, 0.717) is 14.3 Å². The summed E-state index contributed by atoms with van der Waals surface area (Å²) in [5, 5.41) is 2.61. The second-order valence-corrected chi connectivity index (χ2v) is 7.46. The summed E-state index contributed by atoms with van der Waals surface area (Å²) in [6.07, 6.45) is 0. The van der Waals surface area contributed by atoms with Gasteiger partial charge < -0.3 is 4.74 Å². The number of halogens is 1. The molecule has 3 heteroatoms. The van der Waals surface area contributed by atoms with Crippen LogP contribution in [0, 0.1) is 5.82 Å². The third-order valence-electron chi connectivity index (χ3n) is 4.21. The lowest BCUT2D eigenvalue weighted by Crippen LogP contribution is -2.05. The lowest BCUT2D eigenvalue weighted by atomic mass is 10.1. The molecule has 4 rings (SSSR count). The Balaban J connectivity index is 1.58. The molecule has 0 aliphatic carbocycles. The van der Waals surface area contributed by atoms with Gasteiger partial charge in [0, 0.05) is 0 Å². The first-order valence-corrected chi connectivity index (χ1v) is 9.73. The fourth-order valence-corrected chi connectivity index (χ4v) is 4.09. The molecule has 4 aromatic carbocycles. The molecular weight excluding hydrogens is 354 g/mol. The van der Waals surface area contributed by atoms with Crippen LogP contribution in [0.25, 0.3) is 11.1 Å². The molecule has 0 aliphatic rings. The molecular formula is C24H18FOP. The Kier molecular flexibility index (Phi) is 5.27. The van der Waals surface area contributed by atoms with Crippen molar-refractivity contribution < 1.29 is 9.13 Å². The molecule has 0 radical (unpaired) electrons. The Bertz CT molecular complexity index is 1030. The van der Waals surface area contributed by atoms with Crippen molar-refractivity contribution in [2.45, 2.75) is 0 Å². The van der Waals surface area contributed by atoms with Gasteiger partial charge in [0.25, 0.3) is 0 Å². The molecule has 0 aromatic heterocycles. The van der Waals surface area contributed by atoms with E-state index in [1.165, 1.54) is 22.2 Å². The Morgan fingerprint density at radius 2 is 1.30 bits per heavy atom. The van der Waals surface area contributed by atoms with Crippen molar-refractivity contribution in [3.05, 3.63) is 109 Å². The summed E-state index contributed by atoms with van der Waals surface area (Å²) in [5.41, 5.74) is 2.33. The zero-order valence-electron chi connectivity index (χ0n) is 14.6. The van der Waals surface area contributed by atoms with E-state index in [2.05, 4.69) is 48.5 Å². The highest BCUT2D eigenvalue weighted by molar-refractivity contribution is 7.55. The van der Waals surface area contributed by atoms with Gasteiger partial charge in [0.05, 0.1) is 0 Å². The van der Waals surface area contributed by atoms with Crippen molar-refractivity contribution in [2.24, 2.45) is 0 Å². The quantitative estimate of drug-likeness (QED) is 0.396. The highest BCUT2D eigenvalue weighted by Gasteiger charge is 2.07. The lowest BCUT2D eigenvalue weighted by molar-refractivity contribution is 0.442. The van der Waals surface area contributed by atoms with E-state index in [-0.39, 0.29) is 11.6 Å². The zero-order valence-corrected chi connectivity index (χ0v) is 15.6. The molecule has 0 heterocycles. The Hall–Kier alpha value is -2.96. The van der Waals surface area contributed by atoms with Crippen molar-refractivity contribution in [3.8, 4) is 22.6 Å². The van der Waals surface area contributed by atoms with Crippen LogP contribution < -0.4 is 15.3 Å². The van der Waals surface area contributed by atoms with Gasteiger partial charge in [-0.05, 0) is 46.0 Å². The maximum atomic E-state index is 13.8. The van der Waals surface area contributed by atoms with Gasteiger partial charge in [0.2, 0.25) is 0 Å². The molecule has 0 spiro atoms. The van der Waals surface area contributed by atoms with Crippen molar-refractivity contribution in [1.29, 1.82) is 0 Å². The Morgan fingerprint density at radius 1 is 0.630 bits per heavy atom. The second kappa shape index (κ2) is 8.16. The summed E-state index contributed by atoms with van der Waals surface area (Å²) in [6.45, 7) is 0. The summed E-state index contributed by atoms with van der Waals surface area (Å²) in [5.74, 6) is 0.485. The predicted octanol–water partition coefficient (Wildman–Crippen LogP) is 5.91. The van der Waals surface area contributed by atoms with Gasteiger partial charge in [-0.15, -0.1) is 0 Å². The van der Waals surface area contributed by atoms with Gasteiger partial charge in [-0.2, -0.15) is 0 Å². The molecule has 0 amide bonds. The van der Waals surface area contributed by atoms with E-state index in [1.54, 1.807) is 18.2 Å². The number of hydrogen-bond acceptors (Lipinski definition) is 1. The number of ether oxygens (including phenoxy) is 1. The number of para-hydroxylation sites is 1. The molecule has 0 saturated carbocycles. The average Bonchev–Trinajstić information content (AvgIpc) is 2.72. The molecule has 27 heavy (non-hydrogen) atoms. The average molecular weight is 372 g/mol. The normalized spacial score (nSPS) is 11.0. The molecule has 132 valence electrons. The SMILES string of the molecule is Fc1ccccc1Oc1ccc(-c2ccccc2Pc2ccccc2)cc1. The maximum absolute atomic E-state index is 13.8. The van der Waals surface area contributed by atoms with E-state index < -0.39 is 0 Å². The monoisotopic (exact) mass is 372 g/mol. The largest absolute Gasteiger partial charge is 0.454 e. The van der Waals surface area contributed by atoms with Gasteiger partial charge in [-0.1, -0.05) is 87.4 Å². The topological polar surface area (TPSA) is 9.23 Å². The van der Waals surface area contributed by atoms with Crippen molar-refractivity contribution in [2.75, 3.05) is 0 Å². The van der Waals surface area contributed by atoms with Gasteiger partial charge in [-0.3, -0.25) is 0 Å². The molecule has 0 N–H and O–H groups in total. The maximum Gasteiger partial charge on any atom is 0.165 e. The molecule has 0 bridgehead atoms. The molecule has 1 atom stereocenters. The van der Waals surface area contributed by atoms with Crippen molar-refractivity contribution in [3.63, 3.8) is 0 Å². The van der Waals surface area contributed by atoms with Crippen LogP contribution in [0.4, 0.5) is 4.39 Å². The van der Waals surface area contributed by atoms with Crippen LogP contribution in [0.1, 0.15) is 0 Å². The minimum atomic E-state index is -0.365. The minimum Gasteiger partial charge on any atom is -0.454 e. The summed E-state index contributed by atoms with van der Waals surface area (Å²) < 4.78 is 19.4. The van der Waals surface area contributed by atoms with Crippen molar-refractivity contribution in [1.82, 2.24) is 0 Å². The fourth-order valence-electron chi connectivity index (χ4n) is 2.88. The Morgan fingerprint density at radius 3 is 2.07 bits per heavy atom. The highest BCUT2D eigenvalue weighted by atomic mass is 31.1. The van der Waals surface area contributed by atoms with Crippen LogP contribution in [0.5, 0.6) is 11.5 Å². The smallest absolute Gasteiger partial charge is 0.165 e. The first-order chi connectivity index (χ1) is 13.3. The molecule has 4 aromatic rings. The van der Waals surface area contributed by atoms with Crippen LogP contribution in [-0.4, -0.2) is 0 Å². The van der Waals surface area contributed by atoms with Gasteiger partial charge in [-0.25, -0.2) is 4.39 Å². The molecule has 0 saturated heterocycles. The summed E-state index contributed by atoms with van der Waals surface area (Å²) in [4.78, 5) is 0. The van der Waals surface area contributed by atoms with Gasteiger partial charge in [0.15, 0.2) is 11.6 Å². The summed E-state index contributed by atoms with van der Waals surface area (Å²) in [6, 6.07) is 33.1. The van der Waals surface area contributed by atoms with Gasteiger partial charge >= 0.3 is 0 Å². The molecule has 0 fully saturated rings. The first-order valence-electron chi connectivity index (χ1n) is 8.73. The number of benzene rings is 4. The van der Waals surface area contributed by atoms with Crippen LogP contribution in [0.3, 0.4) is 0 Å². The molecule has 1 nitrogen and oxygen atoms in total. The summed E-state index contributed by atoms with van der Waals surface area (Å²) in [7, 11) is 0.594. The van der Waals surface area contributed by atoms with Crippen LogP contribution >= 0.6 is 8.58 Å². The van der Waals surface area contributed by atoms with Crippen LogP contribution in [-0.2, 0) is 0 Å². The van der Waals surface area contributed by atoms with E-state index in [0.717, 1.165) is 5.56 Å². The third-order valence-corrected chi connectivity index (χ3v) is 5.54. The lowest BCUT2D eigenvalue weighted by Gasteiger charge is -2.11. The summed E-state index contributed by atoms with van der Waals surface area (Å²) >= 11 is 0. The van der Waals surface area contributed by atoms with Crippen LogP contribution in [0.15, 0.2) is 103 Å². The number of hydrogen-bond donors (Lipinski definition) is 0. The standard InChI is InChI=1S/C24H18FOP/c25-22-11-5-6-12-23(22)26-19-16-14-18(15-17-19)21-10-4-7-13-24(21)27-20-8-2-1-3-9-20/h1-17,27H. The predicted molar refractivity (Wildman–Crippen MR) is 112 cm³/mol. The fraction of sp³-hybridized carbons (Fsp3) is 0. The van der Waals surface area contributed by atoms with Crippen molar-refractivity contribution >= 4 is 19.2 Å².